The Kier molecular flexibility index (Phi) is 4.34. The van der Waals surface area contributed by atoms with Crippen molar-refractivity contribution in [2.75, 3.05) is 23.9 Å². The fraction of sp³-hybridized carbons (Fsp3) is 0.636. The van der Waals surface area contributed by atoms with Crippen LogP contribution in [0.1, 0.15) is 28.2 Å². The molecule has 1 saturated heterocycles. The van der Waals surface area contributed by atoms with Gasteiger partial charge in [0.25, 0.3) is 0 Å². The summed E-state index contributed by atoms with van der Waals surface area (Å²) in [4.78, 5) is 16.5. The highest BCUT2D eigenvalue weighted by Gasteiger charge is 2.21. The van der Waals surface area contributed by atoms with E-state index >= 15 is 0 Å². The molecule has 1 aliphatic rings. The average molecular weight is 288 g/mol. The lowest BCUT2D eigenvalue weighted by Gasteiger charge is -2.21. The topological polar surface area (TPSA) is 68.3 Å². The summed E-state index contributed by atoms with van der Waals surface area (Å²) in [6.07, 6.45) is 1.78. The smallest absolute Gasteiger partial charge is 0.357 e. The van der Waals surface area contributed by atoms with Crippen molar-refractivity contribution in [3.05, 3.63) is 10.6 Å². The van der Waals surface area contributed by atoms with E-state index in [9.17, 15) is 9.00 Å². The van der Waals surface area contributed by atoms with Crippen molar-refractivity contribution in [2.24, 2.45) is 0 Å². The second-order valence-electron chi connectivity index (χ2n) is 4.18. The lowest BCUT2D eigenvalue weighted by Crippen LogP contribution is -2.29. The standard InChI is InChI=1S/C11H16N2O3S2/c1-7-9(10(14)16-2)13-11(17-7)12-8-3-5-18(15)6-4-8/h8H,3-6H2,1-2H3,(H,12,13). The molecule has 0 aliphatic carbocycles. The van der Waals surface area contributed by atoms with Crippen LogP contribution in [0.15, 0.2) is 0 Å². The number of anilines is 1. The Hall–Kier alpha value is -0.950. The minimum absolute atomic E-state index is 0.304. The first-order valence-corrected chi connectivity index (χ1v) is 8.08. The summed E-state index contributed by atoms with van der Waals surface area (Å²) >= 11 is 1.45. The van der Waals surface area contributed by atoms with E-state index in [-0.39, 0.29) is 0 Å². The number of nitrogens with zero attached hydrogens (tertiary/aromatic N) is 1. The van der Waals surface area contributed by atoms with Crippen LogP contribution in [-0.2, 0) is 15.5 Å². The molecule has 7 heteroatoms. The van der Waals surface area contributed by atoms with Crippen LogP contribution < -0.4 is 5.32 Å². The number of aromatic nitrogens is 1. The normalized spacial score (nSPS) is 23.7. The van der Waals surface area contributed by atoms with Crippen molar-refractivity contribution in [3.8, 4) is 0 Å². The molecule has 2 rings (SSSR count). The van der Waals surface area contributed by atoms with Gasteiger partial charge in [-0.25, -0.2) is 9.78 Å². The van der Waals surface area contributed by atoms with E-state index in [1.807, 2.05) is 6.92 Å². The Morgan fingerprint density at radius 3 is 2.78 bits per heavy atom. The lowest BCUT2D eigenvalue weighted by molar-refractivity contribution is 0.0594. The van der Waals surface area contributed by atoms with E-state index in [2.05, 4.69) is 15.0 Å². The van der Waals surface area contributed by atoms with Gasteiger partial charge in [-0.1, -0.05) is 0 Å². The van der Waals surface area contributed by atoms with Gasteiger partial charge in [-0.2, -0.15) is 0 Å². The molecule has 0 saturated carbocycles. The first-order chi connectivity index (χ1) is 8.60. The first-order valence-electron chi connectivity index (χ1n) is 5.77. The largest absolute Gasteiger partial charge is 0.464 e. The molecule has 18 heavy (non-hydrogen) atoms. The molecule has 1 aromatic heterocycles. The number of ether oxygens (including phenoxy) is 1. The van der Waals surface area contributed by atoms with Crippen LogP contribution in [0.4, 0.5) is 5.13 Å². The number of carbonyl (C=O) groups is 1. The van der Waals surface area contributed by atoms with Crippen LogP contribution in [-0.4, -0.2) is 39.8 Å². The molecule has 0 atom stereocenters. The number of hydrogen-bond acceptors (Lipinski definition) is 6. The van der Waals surface area contributed by atoms with Gasteiger partial charge in [-0.3, -0.25) is 4.21 Å². The fourth-order valence-electron chi connectivity index (χ4n) is 1.86. The van der Waals surface area contributed by atoms with Crippen LogP contribution in [0.5, 0.6) is 0 Å². The Balaban J connectivity index is 2.02. The number of aryl methyl sites for hydroxylation is 1. The van der Waals surface area contributed by atoms with Crippen LogP contribution in [0.2, 0.25) is 0 Å². The molecule has 0 radical (unpaired) electrons. The summed E-state index contributed by atoms with van der Waals surface area (Å²) in [6, 6.07) is 0.304. The van der Waals surface area contributed by atoms with E-state index in [1.54, 1.807) is 0 Å². The van der Waals surface area contributed by atoms with Gasteiger partial charge in [-0.15, -0.1) is 11.3 Å². The second kappa shape index (κ2) is 5.79. The van der Waals surface area contributed by atoms with Crippen LogP contribution >= 0.6 is 11.3 Å². The highest BCUT2D eigenvalue weighted by molar-refractivity contribution is 7.85. The third-order valence-corrected chi connectivity index (χ3v) is 5.18. The first kappa shape index (κ1) is 13.5. The van der Waals surface area contributed by atoms with Gasteiger partial charge in [0.15, 0.2) is 10.8 Å². The maximum Gasteiger partial charge on any atom is 0.357 e. The monoisotopic (exact) mass is 288 g/mol. The van der Waals surface area contributed by atoms with Crippen molar-refractivity contribution < 1.29 is 13.7 Å². The zero-order chi connectivity index (χ0) is 13.1. The molecule has 1 aromatic rings. The Labute approximate surface area is 112 Å². The summed E-state index contributed by atoms with van der Waals surface area (Å²) in [5.41, 5.74) is 0.379. The van der Waals surface area contributed by atoms with E-state index < -0.39 is 16.8 Å². The third-order valence-electron chi connectivity index (χ3n) is 2.89. The molecule has 0 spiro atoms. The molecular weight excluding hydrogens is 272 g/mol. The number of rotatable bonds is 3. The quantitative estimate of drug-likeness (QED) is 0.855. The number of carbonyl (C=O) groups excluding carboxylic acids is 1. The molecule has 0 amide bonds. The molecular formula is C11H16N2O3S2. The summed E-state index contributed by atoms with van der Waals surface area (Å²) in [5.74, 6) is 1.08. The van der Waals surface area contributed by atoms with Crippen molar-refractivity contribution >= 4 is 33.2 Å². The van der Waals surface area contributed by atoms with Crippen molar-refractivity contribution in [1.82, 2.24) is 4.98 Å². The summed E-state index contributed by atoms with van der Waals surface area (Å²) < 4.78 is 15.9. The molecule has 2 heterocycles. The Bertz CT molecular complexity index is 463. The molecule has 0 bridgehead atoms. The number of esters is 1. The van der Waals surface area contributed by atoms with Gasteiger partial charge in [-0.05, 0) is 19.8 Å². The average Bonchev–Trinajstić information content (AvgIpc) is 2.72. The number of methoxy groups -OCH3 is 1. The molecule has 0 unspecified atom stereocenters. The molecule has 5 nitrogen and oxygen atoms in total. The van der Waals surface area contributed by atoms with Crippen molar-refractivity contribution in [3.63, 3.8) is 0 Å². The zero-order valence-electron chi connectivity index (χ0n) is 10.4. The van der Waals surface area contributed by atoms with Gasteiger partial charge in [0.05, 0.1) is 7.11 Å². The minimum atomic E-state index is -0.658. The van der Waals surface area contributed by atoms with Crippen molar-refractivity contribution in [1.29, 1.82) is 0 Å². The van der Waals surface area contributed by atoms with E-state index in [0.717, 1.165) is 34.4 Å². The van der Waals surface area contributed by atoms with Gasteiger partial charge >= 0.3 is 5.97 Å². The lowest BCUT2D eigenvalue weighted by atomic mass is 10.2. The Morgan fingerprint density at radius 1 is 1.50 bits per heavy atom. The van der Waals surface area contributed by atoms with Crippen molar-refractivity contribution in [2.45, 2.75) is 25.8 Å². The molecule has 1 N–H and O–H groups in total. The van der Waals surface area contributed by atoms with Crippen LogP contribution in [0.3, 0.4) is 0 Å². The predicted octanol–water partition coefficient (Wildman–Crippen LogP) is 1.56. The van der Waals surface area contributed by atoms with Crippen LogP contribution in [0, 0.1) is 6.92 Å². The predicted molar refractivity (Wildman–Crippen MR) is 72.7 cm³/mol. The maximum atomic E-state index is 11.4. The second-order valence-corrected chi connectivity index (χ2v) is 7.08. The molecule has 100 valence electrons. The number of nitrogens with one attached hydrogen (secondary N) is 1. The third kappa shape index (κ3) is 3.08. The van der Waals surface area contributed by atoms with Crippen LogP contribution in [0.25, 0.3) is 0 Å². The summed E-state index contributed by atoms with van der Waals surface area (Å²) in [7, 11) is 0.694. The summed E-state index contributed by atoms with van der Waals surface area (Å²) in [5, 5.41) is 4.05. The van der Waals surface area contributed by atoms with E-state index in [0.29, 0.717) is 11.7 Å². The number of hydrogen-bond donors (Lipinski definition) is 1. The minimum Gasteiger partial charge on any atom is -0.464 e. The Morgan fingerprint density at radius 2 is 2.17 bits per heavy atom. The summed E-state index contributed by atoms with van der Waals surface area (Å²) in [6.45, 7) is 1.85. The number of thiazole rings is 1. The molecule has 1 fully saturated rings. The van der Waals surface area contributed by atoms with Gasteiger partial charge < -0.3 is 10.1 Å². The highest BCUT2D eigenvalue weighted by Crippen LogP contribution is 2.25. The maximum absolute atomic E-state index is 11.4. The van der Waals surface area contributed by atoms with Gasteiger partial charge in [0, 0.05) is 33.2 Å². The van der Waals surface area contributed by atoms with E-state index in [1.165, 1.54) is 18.4 Å². The highest BCUT2D eigenvalue weighted by atomic mass is 32.2. The molecule has 0 aromatic carbocycles. The fourth-order valence-corrected chi connectivity index (χ4v) is 4.03. The van der Waals surface area contributed by atoms with Gasteiger partial charge in [0.2, 0.25) is 0 Å². The molecule has 1 aliphatic heterocycles. The van der Waals surface area contributed by atoms with Gasteiger partial charge in [0.1, 0.15) is 0 Å². The SMILES string of the molecule is COC(=O)c1nc(NC2CCS(=O)CC2)sc1C. The zero-order valence-corrected chi connectivity index (χ0v) is 12.0. The van der Waals surface area contributed by atoms with E-state index in [4.69, 9.17) is 0 Å².